The first-order valence-corrected chi connectivity index (χ1v) is 9.65. The van der Waals surface area contributed by atoms with Crippen molar-refractivity contribution in [3.05, 3.63) is 59.4 Å². The van der Waals surface area contributed by atoms with Crippen LogP contribution in [0, 0.1) is 13.8 Å². The number of rotatable bonds is 7. The van der Waals surface area contributed by atoms with Crippen LogP contribution in [-0.2, 0) is 27.9 Å². The van der Waals surface area contributed by atoms with Crippen molar-refractivity contribution in [3.63, 3.8) is 0 Å². The van der Waals surface area contributed by atoms with Gasteiger partial charge in [0.25, 0.3) is 0 Å². The van der Waals surface area contributed by atoms with E-state index < -0.39 is 5.91 Å². The number of hydrogen-bond donors (Lipinski definition) is 3. The summed E-state index contributed by atoms with van der Waals surface area (Å²) in [4.78, 5) is 36.3. The fourth-order valence-corrected chi connectivity index (χ4v) is 3.24. The molecule has 0 aliphatic rings. The number of anilines is 1. The zero-order valence-electron chi connectivity index (χ0n) is 17.3. The number of aryl methyl sites for hydroxylation is 2. The van der Waals surface area contributed by atoms with E-state index in [1.165, 1.54) is 0 Å². The summed E-state index contributed by atoms with van der Waals surface area (Å²) in [6.07, 6.45) is 0.175. The molecule has 8 heteroatoms. The average Bonchev–Trinajstić information content (AvgIpc) is 2.97. The highest BCUT2D eigenvalue weighted by molar-refractivity contribution is 5.96. The third kappa shape index (κ3) is 5.02. The van der Waals surface area contributed by atoms with Gasteiger partial charge in [0, 0.05) is 7.05 Å². The average molecular weight is 407 g/mol. The molecule has 30 heavy (non-hydrogen) atoms. The Kier molecular flexibility index (Phi) is 6.46. The first kappa shape index (κ1) is 21.0. The topological polar surface area (TPSA) is 105 Å². The van der Waals surface area contributed by atoms with Crippen LogP contribution in [-0.4, -0.2) is 40.6 Å². The molecule has 0 atom stereocenters. The first-order chi connectivity index (χ1) is 14.3. The smallest absolute Gasteiger partial charge is 0.243 e. The van der Waals surface area contributed by atoms with Crippen LogP contribution in [0.4, 0.5) is 5.69 Å². The summed E-state index contributed by atoms with van der Waals surface area (Å²) < 4.78 is 1.68. The molecule has 3 aromatic rings. The van der Waals surface area contributed by atoms with Crippen molar-refractivity contribution in [2.24, 2.45) is 7.05 Å². The van der Waals surface area contributed by atoms with Gasteiger partial charge in [0.2, 0.25) is 17.7 Å². The van der Waals surface area contributed by atoms with Crippen LogP contribution in [0.25, 0.3) is 10.8 Å². The Balaban J connectivity index is 1.45. The standard InChI is InChI=1S/C22H25N5O3/c1-14-22(15(2)27(3)26-14)25-21(30)13-24-20(29)12-23-19(28)11-17-9-6-8-16-7-4-5-10-18(16)17/h4-10H,11-13H2,1-3H3,(H,23,28)(H,24,29)(H,25,30). The van der Waals surface area contributed by atoms with Crippen molar-refractivity contribution in [2.75, 3.05) is 18.4 Å². The van der Waals surface area contributed by atoms with Crippen LogP contribution in [0.2, 0.25) is 0 Å². The predicted molar refractivity (Wildman–Crippen MR) is 115 cm³/mol. The van der Waals surface area contributed by atoms with Crippen molar-refractivity contribution in [2.45, 2.75) is 20.3 Å². The molecule has 0 saturated heterocycles. The van der Waals surface area contributed by atoms with E-state index in [0.29, 0.717) is 11.4 Å². The zero-order chi connectivity index (χ0) is 21.7. The highest BCUT2D eigenvalue weighted by atomic mass is 16.2. The SMILES string of the molecule is Cc1nn(C)c(C)c1NC(=O)CNC(=O)CNC(=O)Cc1cccc2ccccc12. The normalized spacial score (nSPS) is 10.6. The van der Waals surface area contributed by atoms with Gasteiger partial charge in [-0.2, -0.15) is 5.10 Å². The highest BCUT2D eigenvalue weighted by Crippen LogP contribution is 2.19. The molecule has 0 unspecified atom stereocenters. The molecule has 0 aliphatic heterocycles. The fraction of sp³-hybridized carbons (Fsp3) is 0.273. The zero-order valence-corrected chi connectivity index (χ0v) is 17.3. The second-order valence-corrected chi connectivity index (χ2v) is 7.09. The quantitative estimate of drug-likeness (QED) is 0.553. The van der Waals surface area contributed by atoms with E-state index in [2.05, 4.69) is 21.0 Å². The van der Waals surface area contributed by atoms with Gasteiger partial charge in [0.15, 0.2) is 0 Å². The maximum absolute atomic E-state index is 12.2. The van der Waals surface area contributed by atoms with E-state index >= 15 is 0 Å². The van der Waals surface area contributed by atoms with E-state index in [1.807, 2.05) is 49.4 Å². The Bertz CT molecular complexity index is 1100. The summed E-state index contributed by atoms with van der Waals surface area (Å²) in [6.45, 7) is 3.26. The monoisotopic (exact) mass is 407 g/mol. The molecule has 8 nitrogen and oxygen atoms in total. The largest absolute Gasteiger partial charge is 0.347 e. The van der Waals surface area contributed by atoms with E-state index in [1.54, 1.807) is 18.7 Å². The van der Waals surface area contributed by atoms with Gasteiger partial charge in [-0.15, -0.1) is 0 Å². The predicted octanol–water partition coefficient (Wildman–Crippen LogP) is 1.60. The number of carbonyl (C=O) groups is 3. The van der Waals surface area contributed by atoms with Crippen LogP contribution < -0.4 is 16.0 Å². The number of hydrogen-bond acceptors (Lipinski definition) is 4. The number of amides is 3. The van der Waals surface area contributed by atoms with Crippen LogP contribution in [0.3, 0.4) is 0 Å². The van der Waals surface area contributed by atoms with Crippen LogP contribution in [0.5, 0.6) is 0 Å². The molecule has 2 aromatic carbocycles. The molecule has 0 fully saturated rings. The van der Waals surface area contributed by atoms with Crippen molar-refractivity contribution in [1.29, 1.82) is 0 Å². The van der Waals surface area contributed by atoms with E-state index in [4.69, 9.17) is 0 Å². The molecule has 0 saturated carbocycles. The van der Waals surface area contributed by atoms with Gasteiger partial charge >= 0.3 is 0 Å². The van der Waals surface area contributed by atoms with Gasteiger partial charge in [0.1, 0.15) is 0 Å². The lowest BCUT2D eigenvalue weighted by Crippen LogP contribution is -2.40. The molecular formula is C22H25N5O3. The van der Waals surface area contributed by atoms with E-state index in [0.717, 1.165) is 22.0 Å². The van der Waals surface area contributed by atoms with Gasteiger partial charge in [-0.1, -0.05) is 42.5 Å². The van der Waals surface area contributed by atoms with E-state index in [-0.39, 0.29) is 31.3 Å². The maximum Gasteiger partial charge on any atom is 0.243 e. The number of benzene rings is 2. The third-order valence-corrected chi connectivity index (χ3v) is 4.90. The van der Waals surface area contributed by atoms with E-state index in [9.17, 15) is 14.4 Å². The second kappa shape index (κ2) is 9.21. The number of aromatic nitrogens is 2. The van der Waals surface area contributed by atoms with Crippen molar-refractivity contribution >= 4 is 34.2 Å². The third-order valence-electron chi connectivity index (χ3n) is 4.90. The summed E-state index contributed by atoms with van der Waals surface area (Å²) in [5.74, 6) is -1.05. The Labute approximate surface area is 174 Å². The lowest BCUT2D eigenvalue weighted by atomic mass is 10.0. The Hall–Kier alpha value is -3.68. The number of carbonyl (C=O) groups excluding carboxylic acids is 3. The summed E-state index contributed by atoms with van der Waals surface area (Å²) >= 11 is 0. The molecule has 1 heterocycles. The van der Waals surface area contributed by atoms with Crippen molar-refractivity contribution < 1.29 is 14.4 Å². The molecule has 0 spiro atoms. The van der Waals surface area contributed by atoms with Gasteiger partial charge in [-0.3, -0.25) is 19.1 Å². The molecular weight excluding hydrogens is 382 g/mol. The van der Waals surface area contributed by atoms with Crippen molar-refractivity contribution in [3.8, 4) is 0 Å². The molecule has 1 aromatic heterocycles. The van der Waals surface area contributed by atoms with Gasteiger partial charge in [-0.25, -0.2) is 0 Å². The van der Waals surface area contributed by atoms with Crippen LogP contribution in [0.1, 0.15) is 17.0 Å². The summed E-state index contributed by atoms with van der Waals surface area (Å²) in [5.41, 5.74) is 3.07. The molecule has 3 rings (SSSR count). The minimum atomic E-state index is -0.434. The maximum atomic E-state index is 12.2. The van der Waals surface area contributed by atoms with Gasteiger partial charge in [0.05, 0.1) is 36.6 Å². The second-order valence-electron chi connectivity index (χ2n) is 7.09. The Morgan fingerprint density at radius 3 is 2.30 bits per heavy atom. The Morgan fingerprint density at radius 2 is 1.57 bits per heavy atom. The summed E-state index contributed by atoms with van der Waals surface area (Å²) in [6, 6.07) is 13.6. The Morgan fingerprint density at radius 1 is 0.900 bits per heavy atom. The lowest BCUT2D eigenvalue weighted by molar-refractivity contribution is -0.126. The summed E-state index contributed by atoms with van der Waals surface area (Å²) in [7, 11) is 1.79. The molecule has 156 valence electrons. The molecule has 0 aliphatic carbocycles. The minimum absolute atomic E-state index is 0.175. The van der Waals surface area contributed by atoms with Gasteiger partial charge < -0.3 is 16.0 Å². The van der Waals surface area contributed by atoms with Crippen LogP contribution in [0.15, 0.2) is 42.5 Å². The molecule has 3 amide bonds. The van der Waals surface area contributed by atoms with Gasteiger partial charge in [-0.05, 0) is 30.2 Å². The molecule has 0 bridgehead atoms. The molecule has 0 radical (unpaired) electrons. The number of nitrogens with zero attached hydrogens (tertiary/aromatic N) is 2. The number of nitrogens with one attached hydrogen (secondary N) is 3. The molecule has 3 N–H and O–H groups in total. The minimum Gasteiger partial charge on any atom is -0.347 e. The number of fused-ring (bicyclic) bond motifs is 1. The lowest BCUT2D eigenvalue weighted by Gasteiger charge is -2.09. The fourth-order valence-electron chi connectivity index (χ4n) is 3.24. The summed E-state index contributed by atoms with van der Waals surface area (Å²) in [5, 5.41) is 14.1. The highest BCUT2D eigenvalue weighted by Gasteiger charge is 2.14. The first-order valence-electron chi connectivity index (χ1n) is 9.65. The van der Waals surface area contributed by atoms with Crippen LogP contribution >= 0.6 is 0 Å². The van der Waals surface area contributed by atoms with Crippen molar-refractivity contribution in [1.82, 2.24) is 20.4 Å².